The zero-order valence-electron chi connectivity index (χ0n) is 7.14. The molecule has 0 atom stereocenters. The second-order valence-corrected chi connectivity index (χ2v) is 2.73. The van der Waals surface area contributed by atoms with Crippen LogP contribution in [0.25, 0.3) is 10.9 Å². The molecule has 0 aliphatic carbocycles. The fourth-order valence-electron chi connectivity index (χ4n) is 1.25. The van der Waals surface area contributed by atoms with Gasteiger partial charge < -0.3 is 15.9 Å². The molecule has 14 heavy (non-hydrogen) atoms. The van der Waals surface area contributed by atoms with E-state index in [0.29, 0.717) is 16.6 Å². The molecule has 0 fully saturated rings. The van der Waals surface area contributed by atoms with Gasteiger partial charge in [0.05, 0.1) is 11.2 Å². The summed E-state index contributed by atoms with van der Waals surface area (Å²) in [5.41, 5.74) is 6.44. The highest BCUT2D eigenvalue weighted by Crippen LogP contribution is 2.35. The minimum atomic E-state index is -0.224. The van der Waals surface area contributed by atoms with Crippen LogP contribution in [0.1, 0.15) is 0 Å². The number of hydrogen-bond acceptors (Lipinski definition) is 4. The highest BCUT2D eigenvalue weighted by molar-refractivity contribution is 8.93. The van der Waals surface area contributed by atoms with Crippen molar-refractivity contribution in [3.63, 3.8) is 0 Å². The number of phenolic OH excluding ortho intramolecular Hbond substituents is 2. The third kappa shape index (κ3) is 1.46. The molecule has 1 aromatic heterocycles. The lowest BCUT2D eigenvalue weighted by Crippen LogP contribution is -1.89. The van der Waals surface area contributed by atoms with Crippen LogP contribution in [0.15, 0.2) is 24.4 Å². The van der Waals surface area contributed by atoms with Crippen molar-refractivity contribution in [1.29, 1.82) is 0 Å². The zero-order chi connectivity index (χ0) is 9.42. The Morgan fingerprint density at radius 2 is 2.00 bits per heavy atom. The number of nitrogens with zero attached hydrogens (tertiary/aromatic N) is 1. The van der Waals surface area contributed by atoms with Crippen molar-refractivity contribution in [3.8, 4) is 11.5 Å². The van der Waals surface area contributed by atoms with Crippen LogP contribution in [0.3, 0.4) is 0 Å². The Morgan fingerprint density at radius 3 is 2.71 bits per heavy atom. The summed E-state index contributed by atoms with van der Waals surface area (Å²) < 4.78 is 0. The van der Waals surface area contributed by atoms with Crippen molar-refractivity contribution in [3.05, 3.63) is 24.4 Å². The second-order valence-electron chi connectivity index (χ2n) is 2.73. The number of nitrogen functional groups attached to an aromatic ring is 1. The molecule has 74 valence electrons. The van der Waals surface area contributed by atoms with Crippen molar-refractivity contribution < 1.29 is 10.2 Å². The molecule has 0 amide bonds. The number of halogens is 1. The highest BCUT2D eigenvalue weighted by Gasteiger charge is 2.08. The number of pyridine rings is 1. The second kappa shape index (κ2) is 3.71. The SMILES string of the molecule is Br.Nc1cc(O)c(O)c2cccnc12. The van der Waals surface area contributed by atoms with Crippen LogP contribution in [0.4, 0.5) is 5.69 Å². The van der Waals surface area contributed by atoms with E-state index in [-0.39, 0.29) is 28.5 Å². The van der Waals surface area contributed by atoms with Gasteiger partial charge in [0.15, 0.2) is 11.5 Å². The first-order valence-electron chi connectivity index (χ1n) is 3.75. The lowest BCUT2D eigenvalue weighted by Gasteiger charge is -2.04. The predicted octanol–water partition coefficient (Wildman–Crippen LogP) is 1.81. The van der Waals surface area contributed by atoms with E-state index in [2.05, 4.69) is 4.98 Å². The molecule has 0 saturated carbocycles. The van der Waals surface area contributed by atoms with Crippen LogP contribution in [-0.2, 0) is 0 Å². The largest absolute Gasteiger partial charge is 0.504 e. The first-order chi connectivity index (χ1) is 6.20. The van der Waals surface area contributed by atoms with Gasteiger partial charge in [-0.1, -0.05) is 0 Å². The van der Waals surface area contributed by atoms with E-state index in [1.165, 1.54) is 6.07 Å². The molecule has 4 nitrogen and oxygen atoms in total. The summed E-state index contributed by atoms with van der Waals surface area (Å²) in [6, 6.07) is 4.60. The molecule has 0 aliphatic heterocycles. The van der Waals surface area contributed by atoms with Crippen molar-refractivity contribution >= 4 is 33.6 Å². The fraction of sp³-hybridized carbons (Fsp3) is 0. The number of aromatic hydroxyl groups is 2. The number of fused-ring (bicyclic) bond motifs is 1. The van der Waals surface area contributed by atoms with E-state index >= 15 is 0 Å². The quantitative estimate of drug-likeness (QED) is 0.382. The summed E-state index contributed by atoms with van der Waals surface area (Å²) in [5.74, 6) is -0.407. The molecule has 2 aromatic rings. The Kier molecular flexibility index (Phi) is 2.81. The van der Waals surface area contributed by atoms with Gasteiger partial charge in [-0.05, 0) is 12.1 Å². The number of rotatable bonds is 0. The number of aromatic nitrogens is 1. The molecule has 5 heteroatoms. The third-order valence-corrected chi connectivity index (χ3v) is 1.87. The molecule has 0 unspecified atom stereocenters. The third-order valence-electron chi connectivity index (χ3n) is 1.87. The molecule has 0 aliphatic rings. The van der Waals surface area contributed by atoms with Gasteiger partial charge in [0.1, 0.15) is 0 Å². The smallest absolute Gasteiger partial charge is 0.167 e. The topological polar surface area (TPSA) is 79.4 Å². The fourth-order valence-corrected chi connectivity index (χ4v) is 1.25. The van der Waals surface area contributed by atoms with Crippen LogP contribution >= 0.6 is 17.0 Å². The van der Waals surface area contributed by atoms with Gasteiger partial charge in [-0.25, -0.2) is 0 Å². The van der Waals surface area contributed by atoms with Crippen LogP contribution in [0, 0.1) is 0 Å². The monoisotopic (exact) mass is 256 g/mol. The van der Waals surface area contributed by atoms with E-state index < -0.39 is 0 Å². The van der Waals surface area contributed by atoms with Crippen molar-refractivity contribution in [1.82, 2.24) is 4.98 Å². The lowest BCUT2D eigenvalue weighted by atomic mass is 10.1. The van der Waals surface area contributed by atoms with Crippen LogP contribution in [0.2, 0.25) is 0 Å². The maximum atomic E-state index is 9.44. The lowest BCUT2D eigenvalue weighted by molar-refractivity contribution is 0.408. The van der Waals surface area contributed by atoms with Gasteiger partial charge in [-0.2, -0.15) is 0 Å². The number of nitrogens with two attached hydrogens (primary N) is 1. The maximum Gasteiger partial charge on any atom is 0.167 e. The Morgan fingerprint density at radius 1 is 1.29 bits per heavy atom. The minimum Gasteiger partial charge on any atom is -0.504 e. The highest BCUT2D eigenvalue weighted by atomic mass is 79.9. The Balaban J connectivity index is 0.000000980. The first kappa shape index (κ1) is 10.6. The van der Waals surface area contributed by atoms with E-state index in [0.717, 1.165) is 0 Å². The van der Waals surface area contributed by atoms with Gasteiger partial charge in [-0.15, -0.1) is 17.0 Å². The molecule has 0 radical (unpaired) electrons. The number of phenols is 2. The van der Waals surface area contributed by atoms with Gasteiger partial charge in [-0.3, -0.25) is 4.98 Å². The summed E-state index contributed by atoms with van der Waals surface area (Å²) in [4.78, 5) is 3.99. The maximum absolute atomic E-state index is 9.44. The van der Waals surface area contributed by atoms with Crippen molar-refractivity contribution in [2.24, 2.45) is 0 Å². The van der Waals surface area contributed by atoms with E-state index in [1.807, 2.05) is 0 Å². The van der Waals surface area contributed by atoms with Crippen LogP contribution in [0.5, 0.6) is 11.5 Å². The van der Waals surface area contributed by atoms with E-state index in [1.54, 1.807) is 18.3 Å². The van der Waals surface area contributed by atoms with Crippen LogP contribution < -0.4 is 5.73 Å². The summed E-state index contributed by atoms with van der Waals surface area (Å²) in [5, 5.41) is 19.1. The Labute approximate surface area is 90.8 Å². The predicted molar refractivity (Wildman–Crippen MR) is 59.8 cm³/mol. The van der Waals surface area contributed by atoms with Gasteiger partial charge in [0.25, 0.3) is 0 Å². The molecule has 1 heterocycles. The number of anilines is 1. The summed E-state index contributed by atoms with van der Waals surface area (Å²) in [7, 11) is 0. The molecule has 1 aromatic carbocycles. The Bertz CT molecular complexity index is 474. The van der Waals surface area contributed by atoms with Crippen molar-refractivity contribution in [2.75, 3.05) is 5.73 Å². The molecule has 0 saturated heterocycles. The van der Waals surface area contributed by atoms with Gasteiger partial charge in [0.2, 0.25) is 0 Å². The average molecular weight is 257 g/mol. The average Bonchev–Trinajstić information content (AvgIpc) is 2.15. The van der Waals surface area contributed by atoms with E-state index in [9.17, 15) is 10.2 Å². The molecule has 4 N–H and O–H groups in total. The normalized spacial score (nSPS) is 9.71. The summed E-state index contributed by atoms with van der Waals surface area (Å²) >= 11 is 0. The standard InChI is InChI=1S/C9H8N2O2.BrH/c10-6-4-7(12)9(13)5-2-1-3-11-8(5)6;/h1-4,12-13H,10H2;1H. The molecular weight excluding hydrogens is 248 g/mol. The summed E-state index contributed by atoms with van der Waals surface area (Å²) in [6.45, 7) is 0. The molecular formula is C9H9BrN2O2. The molecule has 2 rings (SSSR count). The molecule has 0 bridgehead atoms. The van der Waals surface area contributed by atoms with Crippen molar-refractivity contribution in [2.45, 2.75) is 0 Å². The van der Waals surface area contributed by atoms with E-state index in [4.69, 9.17) is 5.73 Å². The van der Waals surface area contributed by atoms with Crippen LogP contribution in [-0.4, -0.2) is 15.2 Å². The summed E-state index contributed by atoms with van der Waals surface area (Å²) in [6.07, 6.45) is 1.58. The number of benzene rings is 1. The molecule has 0 spiro atoms. The van der Waals surface area contributed by atoms with Gasteiger partial charge >= 0.3 is 0 Å². The first-order valence-corrected chi connectivity index (χ1v) is 3.75. The number of hydrogen-bond donors (Lipinski definition) is 3. The minimum absolute atomic E-state index is 0. The Hall–Kier alpha value is -1.49. The zero-order valence-corrected chi connectivity index (χ0v) is 8.85. The van der Waals surface area contributed by atoms with Gasteiger partial charge in [0, 0.05) is 17.6 Å².